The van der Waals surface area contributed by atoms with Crippen LogP contribution in [0.25, 0.3) is 0 Å². The molecule has 6 nitrogen and oxygen atoms in total. The molecule has 1 aliphatic rings. The first-order chi connectivity index (χ1) is 12.4. The van der Waals surface area contributed by atoms with Gasteiger partial charge in [-0.3, -0.25) is 9.10 Å². The summed E-state index contributed by atoms with van der Waals surface area (Å²) in [4.78, 5) is 12.4. The van der Waals surface area contributed by atoms with Crippen LogP contribution in [0.4, 0.5) is 5.69 Å². The van der Waals surface area contributed by atoms with Gasteiger partial charge in [0, 0.05) is 24.7 Å². The zero-order valence-electron chi connectivity index (χ0n) is 14.7. The molecule has 0 radical (unpaired) electrons. The molecule has 1 amide bonds. The second kappa shape index (κ2) is 7.47. The molecular formula is C19H23N3O3S. The third-order valence-corrected chi connectivity index (χ3v) is 6.29. The molecule has 0 bridgehead atoms. The molecule has 2 aromatic carbocycles. The molecular weight excluding hydrogens is 350 g/mol. The highest BCUT2D eigenvalue weighted by molar-refractivity contribution is 7.92. The first-order valence-corrected chi connectivity index (χ1v) is 10.1. The van der Waals surface area contributed by atoms with Gasteiger partial charge in [-0.15, -0.1) is 0 Å². The van der Waals surface area contributed by atoms with E-state index in [0.29, 0.717) is 24.3 Å². The summed E-state index contributed by atoms with van der Waals surface area (Å²) in [6.45, 7) is 2.54. The van der Waals surface area contributed by atoms with Crippen molar-refractivity contribution in [3.63, 3.8) is 0 Å². The van der Waals surface area contributed by atoms with E-state index < -0.39 is 10.0 Å². The number of nitrogens with one attached hydrogen (secondary N) is 1. The molecule has 3 rings (SSSR count). The fourth-order valence-corrected chi connectivity index (χ4v) is 4.63. The van der Waals surface area contributed by atoms with E-state index in [1.54, 1.807) is 19.1 Å². The minimum Gasteiger partial charge on any atom is -0.348 e. The minimum absolute atomic E-state index is 0.113. The van der Waals surface area contributed by atoms with Crippen LogP contribution in [0.1, 0.15) is 29.3 Å². The largest absolute Gasteiger partial charge is 0.348 e. The summed E-state index contributed by atoms with van der Waals surface area (Å²) in [6.07, 6.45) is 1.63. The van der Waals surface area contributed by atoms with Crippen molar-refractivity contribution < 1.29 is 13.2 Å². The zero-order chi connectivity index (χ0) is 18.7. The topological polar surface area (TPSA) is 92.5 Å². The molecule has 0 aliphatic carbocycles. The number of benzene rings is 2. The van der Waals surface area contributed by atoms with Crippen LogP contribution in [0, 0.1) is 0 Å². The molecule has 0 unspecified atom stereocenters. The van der Waals surface area contributed by atoms with Gasteiger partial charge in [0.15, 0.2) is 0 Å². The lowest BCUT2D eigenvalue weighted by atomic mass is 10.0. The molecule has 0 saturated carbocycles. The Balaban J connectivity index is 1.94. The summed E-state index contributed by atoms with van der Waals surface area (Å²) >= 11 is 0. The molecule has 1 heterocycles. The molecule has 2 aromatic rings. The standard InChI is InChI=1S/C19H23N3O3S/c1-14(13-20)21-19(23)16-7-4-9-17(12-16)26(24,25)22-11-5-8-15-6-2-3-10-18(15)22/h2-4,6-7,9-10,12,14H,5,8,11,13,20H2,1H3,(H,21,23)/t14-/m0/s1. The van der Waals surface area contributed by atoms with Crippen LogP contribution in [-0.4, -0.2) is 33.5 Å². The van der Waals surface area contributed by atoms with Gasteiger partial charge in [-0.25, -0.2) is 8.42 Å². The smallest absolute Gasteiger partial charge is 0.264 e. The first kappa shape index (κ1) is 18.4. The number of aryl methyl sites for hydroxylation is 1. The number of carbonyl (C=O) groups is 1. The van der Waals surface area contributed by atoms with Crippen molar-refractivity contribution in [2.45, 2.75) is 30.7 Å². The van der Waals surface area contributed by atoms with Gasteiger partial charge in [0.25, 0.3) is 15.9 Å². The van der Waals surface area contributed by atoms with Crippen LogP contribution in [0.15, 0.2) is 53.4 Å². The number of amides is 1. The van der Waals surface area contributed by atoms with Gasteiger partial charge >= 0.3 is 0 Å². The summed E-state index contributed by atoms with van der Waals surface area (Å²) in [6, 6.07) is 13.5. The van der Waals surface area contributed by atoms with Gasteiger partial charge in [0.2, 0.25) is 0 Å². The van der Waals surface area contributed by atoms with Crippen LogP contribution >= 0.6 is 0 Å². The van der Waals surface area contributed by atoms with Crippen molar-refractivity contribution in [3.05, 3.63) is 59.7 Å². The molecule has 0 fully saturated rings. The van der Waals surface area contributed by atoms with Crippen LogP contribution in [0.5, 0.6) is 0 Å². The minimum atomic E-state index is -3.74. The number of hydrogen-bond donors (Lipinski definition) is 2. The van der Waals surface area contributed by atoms with Crippen LogP contribution in [-0.2, 0) is 16.4 Å². The maximum atomic E-state index is 13.2. The Morgan fingerprint density at radius 3 is 2.77 bits per heavy atom. The van der Waals surface area contributed by atoms with E-state index in [9.17, 15) is 13.2 Å². The van der Waals surface area contributed by atoms with Crippen LogP contribution in [0.3, 0.4) is 0 Å². The quantitative estimate of drug-likeness (QED) is 0.837. The third kappa shape index (κ3) is 3.59. The van der Waals surface area contributed by atoms with E-state index in [1.807, 2.05) is 24.3 Å². The Morgan fingerprint density at radius 2 is 2.00 bits per heavy atom. The van der Waals surface area contributed by atoms with Gasteiger partial charge in [0.1, 0.15) is 0 Å². The molecule has 26 heavy (non-hydrogen) atoms. The van der Waals surface area contributed by atoms with E-state index in [2.05, 4.69) is 5.32 Å². The molecule has 0 aromatic heterocycles. The summed E-state index contributed by atoms with van der Waals surface area (Å²) in [5, 5.41) is 2.75. The number of carbonyl (C=O) groups excluding carboxylic acids is 1. The van der Waals surface area contributed by atoms with Gasteiger partial charge in [-0.05, 0) is 49.6 Å². The van der Waals surface area contributed by atoms with E-state index in [0.717, 1.165) is 18.4 Å². The Morgan fingerprint density at radius 1 is 1.23 bits per heavy atom. The van der Waals surface area contributed by atoms with Crippen molar-refractivity contribution in [1.82, 2.24) is 5.32 Å². The average Bonchev–Trinajstić information content (AvgIpc) is 2.67. The molecule has 0 saturated heterocycles. The predicted octanol–water partition coefficient (Wildman–Crippen LogP) is 1.91. The molecule has 138 valence electrons. The highest BCUT2D eigenvalue weighted by Gasteiger charge is 2.29. The van der Waals surface area contributed by atoms with Crippen LogP contribution < -0.4 is 15.4 Å². The van der Waals surface area contributed by atoms with E-state index in [4.69, 9.17) is 5.73 Å². The summed E-state index contributed by atoms with van der Waals surface area (Å²) in [5.74, 6) is -0.334. The number of para-hydroxylation sites is 1. The normalized spacial score (nSPS) is 15.2. The Hall–Kier alpha value is -2.38. The lowest BCUT2D eigenvalue weighted by Gasteiger charge is -2.30. The average molecular weight is 373 g/mol. The number of fused-ring (bicyclic) bond motifs is 1. The highest BCUT2D eigenvalue weighted by atomic mass is 32.2. The molecule has 7 heteroatoms. The summed E-state index contributed by atoms with van der Waals surface area (Å²) in [7, 11) is -3.74. The first-order valence-electron chi connectivity index (χ1n) is 8.65. The van der Waals surface area contributed by atoms with Crippen molar-refractivity contribution >= 4 is 21.6 Å². The SMILES string of the molecule is C[C@@H](CN)NC(=O)c1cccc(S(=O)(=O)N2CCCc3ccccc32)c1. The number of anilines is 1. The van der Waals surface area contributed by atoms with Crippen LogP contribution in [0.2, 0.25) is 0 Å². The highest BCUT2D eigenvalue weighted by Crippen LogP contribution is 2.31. The van der Waals surface area contributed by atoms with Gasteiger partial charge in [-0.2, -0.15) is 0 Å². The third-order valence-electron chi connectivity index (χ3n) is 4.48. The zero-order valence-corrected chi connectivity index (χ0v) is 15.5. The van der Waals surface area contributed by atoms with E-state index >= 15 is 0 Å². The fourth-order valence-electron chi connectivity index (χ4n) is 3.04. The Labute approximate surface area is 154 Å². The monoisotopic (exact) mass is 373 g/mol. The molecule has 1 aliphatic heterocycles. The predicted molar refractivity (Wildman–Crippen MR) is 102 cm³/mol. The fraction of sp³-hybridized carbons (Fsp3) is 0.316. The number of nitrogens with two attached hydrogens (primary N) is 1. The maximum absolute atomic E-state index is 13.2. The molecule has 1 atom stereocenters. The second-order valence-corrected chi connectivity index (χ2v) is 8.31. The van der Waals surface area contributed by atoms with E-state index in [-0.39, 0.29) is 16.8 Å². The summed E-state index contributed by atoms with van der Waals surface area (Å²) < 4.78 is 27.8. The van der Waals surface area contributed by atoms with Crippen molar-refractivity contribution in [2.75, 3.05) is 17.4 Å². The second-order valence-electron chi connectivity index (χ2n) is 6.45. The van der Waals surface area contributed by atoms with Crippen molar-refractivity contribution in [2.24, 2.45) is 5.73 Å². The van der Waals surface area contributed by atoms with Crippen molar-refractivity contribution in [1.29, 1.82) is 0 Å². The van der Waals surface area contributed by atoms with E-state index in [1.165, 1.54) is 16.4 Å². The Bertz CT molecular complexity index is 912. The van der Waals surface area contributed by atoms with Gasteiger partial charge < -0.3 is 11.1 Å². The van der Waals surface area contributed by atoms with Gasteiger partial charge in [0.05, 0.1) is 10.6 Å². The molecule has 0 spiro atoms. The van der Waals surface area contributed by atoms with Gasteiger partial charge in [-0.1, -0.05) is 24.3 Å². The summed E-state index contributed by atoms with van der Waals surface area (Å²) in [5.41, 5.74) is 7.56. The number of sulfonamides is 1. The lowest BCUT2D eigenvalue weighted by molar-refractivity contribution is 0.0941. The Kier molecular flexibility index (Phi) is 5.29. The maximum Gasteiger partial charge on any atom is 0.264 e. The number of nitrogens with zero attached hydrogens (tertiary/aromatic N) is 1. The van der Waals surface area contributed by atoms with Crippen molar-refractivity contribution in [3.8, 4) is 0 Å². The molecule has 3 N–H and O–H groups in total. The number of rotatable bonds is 5. The number of hydrogen-bond acceptors (Lipinski definition) is 4. The lowest BCUT2D eigenvalue weighted by Crippen LogP contribution is -2.38.